The van der Waals surface area contributed by atoms with Crippen molar-refractivity contribution in [1.29, 1.82) is 0 Å². The number of hydrogen-bond donors (Lipinski definition) is 0. The van der Waals surface area contributed by atoms with Gasteiger partial charge in [0.1, 0.15) is 12.7 Å². The minimum absolute atomic E-state index is 0.703. The van der Waals surface area contributed by atoms with Gasteiger partial charge in [0.05, 0.1) is 13.1 Å². The lowest BCUT2D eigenvalue weighted by atomic mass is 10.6. The van der Waals surface area contributed by atoms with Crippen LogP contribution >= 0.6 is 0 Å². The van der Waals surface area contributed by atoms with E-state index < -0.39 is 0 Å². The molecule has 1 heterocycles. The predicted molar refractivity (Wildman–Crippen MR) is 59.7 cm³/mol. The van der Waals surface area contributed by atoms with Gasteiger partial charge >= 0.3 is 0 Å². The molecule has 0 amide bonds. The molecule has 6 heteroatoms. The van der Waals surface area contributed by atoms with Crippen LogP contribution in [0.3, 0.4) is 0 Å². The second-order valence-corrected chi connectivity index (χ2v) is 3.63. The average Bonchev–Trinajstić information content (AvgIpc) is 2.63. The molecule has 0 bridgehead atoms. The van der Waals surface area contributed by atoms with Crippen LogP contribution in [-0.4, -0.2) is 65.3 Å². The molecule has 0 N–H and O–H groups in total. The average molecular weight is 210 g/mol. The zero-order valence-corrected chi connectivity index (χ0v) is 9.75. The van der Waals surface area contributed by atoms with Crippen LogP contribution in [0.5, 0.6) is 0 Å². The lowest BCUT2D eigenvalue weighted by Gasteiger charge is -2.22. The zero-order valence-electron chi connectivity index (χ0n) is 9.75. The van der Waals surface area contributed by atoms with E-state index in [0.717, 1.165) is 12.5 Å². The maximum atomic E-state index is 4.48. The van der Waals surface area contributed by atoms with E-state index in [-0.39, 0.29) is 0 Å². The van der Waals surface area contributed by atoms with Crippen LogP contribution in [0.15, 0.2) is 17.6 Å². The molecule has 0 atom stereocenters. The third-order valence-corrected chi connectivity index (χ3v) is 1.85. The third-order valence-electron chi connectivity index (χ3n) is 1.85. The first-order valence-corrected chi connectivity index (χ1v) is 4.82. The molecule has 1 aromatic heterocycles. The smallest absolute Gasteiger partial charge is 0.195 e. The topological polar surface area (TPSA) is 49.6 Å². The van der Waals surface area contributed by atoms with E-state index in [1.54, 1.807) is 11.0 Å². The minimum atomic E-state index is 0.703. The number of guanidine groups is 1. The van der Waals surface area contributed by atoms with Gasteiger partial charge in [-0.2, -0.15) is 5.10 Å². The summed E-state index contributed by atoms with van der Waals surface area (Å²) < 4.78 is 1.77. The fraction of sp³-hybridized carbons (Fsp3) is 0.667. The molecule has 0 saturated heterocycles. The fourth-order valence-electron chi connectivity index (χ4n) is 1.28. The van der Waals surface area contributed by atoms with E-state index in [2.05, 4.69) is 15.1 Å². The summed E-state index contributed by atoms with van der Waals surface area (Å²) in [5.41, 5.74) is 0. The summed E-state index contributed by atoms with van der Waals surface area (Å²) in [6, 6.07) is 0. The molecule has 0 aliphatic carbocycles. The van der Waals surface area contributed by atoms with Crippen molar-refractivity contribution in [1.82, 2.24) is 24.6 Å². The highest BCUT2D eigenvalue weighted by molar-refractivity contribution is 5.79. The minimum Gasteiger partial charge on any atom is -0.349 e. The first-order valence-electron chi connectivity index (χ1n) is 4.82. The molecule has 0 saturated carbocycles. The van der Waals surface area contributed by atoms with Gasteiger partial charge in [0.15, 0.2) is 5.96 Å². The van der Waals surface area contributed by atoms with Crippen LogP contribution in [0.2, 0.25) is 0 Å². The van der Waals surface area contributed by atoms with Crippen molar-refractivity contribution in [2.24, 2.45) is 4.99 Å². The molecule has 0 unspecified atom stereocenters. The van der Waals surface area contributed by atoms with Crippen molar-refractivity contribution in [3.8, 4) is 0 Å². The molecule has 0 fully saturated rings. The molecular formula is C9H18N6. The Kier molecular flexibility index (Phi) is 4.08. The monoisotopic (exact) mass is 210 g/mol. The zero-order chi connectivity index (χ0) is 11.3. The highest BCUT2D eigenvalue weighted by Crippen LogP contribution is 1.90. The predicted octanol–water partition coefficient (Wildman–Crippen LogP) is -0.243. The highest BCUT2D eigenvalue weighted by Gasteiger charge is 2.02. The first-order chi connectivity index (χ1) is 7.11. The van der Waals surface area contributed by atoms with Crippen LogP contribution in [0.25, 0.3) is 0 Å². The molecule has 0 aliphatic rings. The van der Waals surface area contributed by atoms with E-state index in [1.807, 2.05) is 38.0 Å². The normalized spacial score (nSPS) is 9.87. The SMILES string of the molecule is CN(C)C(=NCCn1cncn1)N(C)C. The molecule has 0 radical (unpaired) electrons. The maximum Gasteiger partial charge on any atom is 0.195 e. The molecule has 6 nitrogen and oxygen atoms in total. The van der Waals surface area contributed by atoms with Crippen molar-refractivity contribution in [2.75, 3.05) is 34.7 Å². The Bertz CT molecular complexity index is 290. The lowest BCUT2D eigenvalue weighted by Crippen LogP contribution is -2.35. The second kappa shape index (κ2) is 5.33. The third kappa shape index (κ3) is 3.57. The molecule has 0 aliphatic heterocycles. The van der Waals surface area contributed by atoms with Crippen molar-refractivity contribution < 1.29 is 0 Å². The molecular weight excluding hydrogens is 192 g/mol. The van der Waals surface area contributed by atoms with Gasteiger partial charge in [-0.05, 0) is 0 Å². The Labute approximate surface area is 90.2 Å². The van der Waals surface area contributed by atoms with E-state index in [0.29, 0.717) is 6.54 Å². The van der Waals surface area contributed by atoms with Gasteiger partial charge in [0.2, 0.25) is 0 Å². The van der Waals surface area contributed by atoms with E-state index in [4.69, 9.17) is 0 Å². The summed E-state index contributed by atoms with van der Waals surface area (Å²) in [5, 5.41) is 4.01. The van der Waals surface area contributed by atoms with Crippen LogP contribution in [0.4, 0.5) is 0 Å². The first kappa shape index (κ1) is 11.5. The van der Waals surface area contributed by atoms with Crippen LogP contribution in [0.1, 0.15) is 0 Å². The number of nitrogens with zero attached hydrogens (tertiary/aromatic N) is 6. The van der Waals surface area contributed by atoms with Crippen molar-refractivity contribution in [3.63, 3.8) is 0 Å². The van der Waals surface area contributed by atoms with E-state index in [9.17, 15) is 0 Å². The quantitative estimate of drug-likeness (QED) is 0.510. The summed E-state index contributed by atoms with van der Waals surface area (Å²) in [6.45, 7) is 1.46. The number of rotatable bonds is 3. The van der Waals surface area contributed by atoms with Gasteiger partial charge in [-0.25, -0.2) is 4.98 Å². The van der Waals surface area contributed by atoms with E-state index >= 15 is 0 Å². The Morgan fingerprint density at radius 1 is 1.27 bits per heavy atom. The Balaban J connectivity index is 2.47. The van der Waals surface area contributed by atoms with Gasteiger partial charge in [-0.1, -0.05) is 0 Å². The molecule has 1 aromatic rings. The summed E-state index contributed by atoms with van der Waals surface area (Å²) in [6.07, 6.45) is 3.23. The van der Waals surface area contributed by atoms with Gasteiger partial charge in [0, 0.05) is 28.2 Å². The standard InChI is InChI=1S/C9H18N6/c1-13(2)9(14(3)4)11-5-6-15-8-10-7-12-15/h7-8H,5-6H2,1-4H3. The molecule has 1 rings (SSSR count). The largest absolute Gasteiger partial charge is 0.349 e. The van der Waals surface area contributed by atoms with Crippen LogP contribution < -0.4 is 0 Å². The Morgan fingerprint density at radius 3 is 2.40 bits per heavy atom. The molecule has 15 heavy (non-hydrogen) atoms. The number of aliphatic imine (C=N–C) groups is 1. The Morgan fingerprint density at radius 2 is 1.93 bits per heavy atom. The molecule has 0 aromatic carbocycles. The number of hydrogen-bond acceptors (Lipinski definition) is 3. The fourth-order valence-corrected chi connectivity index (χ4v) is 1.28. The van der Waals surface area contributed by atoms with Crippen molar-refractivity contribution in [3.05, 3.63) is 12.7 Å². The van der Waals surface area contributed by atoms with Crippen molar-refractivity contribution in [2.45, 2.75) is 6.54 Å². The summed E-state index contributed by atoms with van der Waals surface area (Å²) >= 11 is 0. The van der Waals surface area contributed by atoms with Crippen molar-refractivity contribution >= 4 is 5.96 Å². The summed E-state index contributed by atoms with van der Waals surface area (Å²) in [4.78, 5) is 12.3. The van der Waals surface area contributed by atoms with E-state index in [1.165, 1.54) is 6.33 Å². The van der Waals surface area contributed by atoms with Gasteiger partial charge in [0.25, 0.3) is 0 Å². The Hall–Kier alpha value is -1.59. The maximum absolute atomic E-state index is 4.48. The van der Waals surface area contributed by atoms with Gasteiger partial charge < -0.3 is 9.80 Å². The second-order valence-electron chi connectivity index (χ2n) is 3.63. The highest BCUT2D eigenvalue weighted by atomic mass is 15.3. The lowest BCUT2D eigenvalue weighted by molar-refractivity contribution is 0.476. The van der Waals surface area contributed by atoms with Crippen LogP contribution in [-0.2, 0) is 6.54 Å². The summed E-state index contributed by atoms with van der Waals surface area (Å²) in [7, 11) is 7.92. The van der Waals surface area contributed by atoms with Crippen LogP contribution in [0, 0.1) is 0 Å². The van der Waals surface area contributed by atoms with Gasteiger partial charge in [-0.15, -0.1) is 0 Å². The number of aromatic nitrogens is 3. The summed E-state index contributed by atoms with van der Waals surface area (Å²) in [5.74, 6) is 0.954. The van der Waals surface area contributed by atoms with Gasteiger partial charge in [-0.3, -0.25) is 9.67 Å². The molecule has 84 valence electrons. The molecule has 0 spiro atoms.